The van der Waals surface area contributed by atoms with Crippen LogP contribution in [0.1, 0.15) is 18.4 Å². The van der Waals surface area contributed by atoms with Gasteiger partial charge < -0.3 is 4.74 Å². The van der Waals surface area contributed by atoms with Crippen LogP contribution in [0.4, 0.5) is 0 Å². The van der Waals surface area contributed by atoms with Crippen molar-refractivity contribution in [3.05, 3.63) is 34.3 Å². The van der Waals surface area contributed by atoms with Gasteiger partial charge in [0.2, 0.25) is 0 Å². The normalized spacial score (nSPS) is 20.2. The highest BCUT2D eigenvalue weighted by Gasteiger charge is 2.20. The van der Waals surface area contributed by atoms with Crippen LogP contribution in [-0.4, -0.2) is 12.7 Å². The van der Waals surface area contributed by atoms with Crippen molar-refractivity contribution >= 4 is 15.9 Å². The molecule has 1 aliphatic heterocycles. The van der Waals surface area contributed by atoms with Gasteiger partial charge in [-0.3, -0.25) is 0 Å². The Kier molecular flexibility index (Phi) is 3.01. The highest BCUT2D eigenvalue weighted by atomic mass is 79.9. The Hall–Kier alpha value is -0.340. The molecule has 0 N–H and O–H groups in total. The highest BCUT2D eigenvalue weighted by Crippen LogP contribution is 2.18. The molecule has 1 saturated heterocycles. The van der Waals surface area contributed by atoms with Crippen LogP contribution in [0.3, 0.4) is 0 Å². The minimum Gasteiger partial charge on any atom is -0.373 e. The summed E-state index contributed by atoms with van der Waals surface area (Å²) >= 11 is 3.43. The summed E-state index contributed by atoms with van der Waals surface area (Å²) in [6, 6.07) is 8.56. The van der Waals surface area contributed by atoms with Gasteiger partial charge in [0.1, 0.15) is 0 Å². The number of ether oxygens (including phenoxy) is 1. The first-order valence-electron chi connectivity index (χ1n) is 4.70. The minimum absolute atomic E-state index is 0.579. The summed E-state index contributed by atoms with van der Waals surface area (Å²) in [6.45, 7) is 0.986. The molecule has 2 rings (SSSR count). The van der Waals surface area contributed by atoms with E-state index >= 15 is 0 Å². The van der Waals surface area contributed by atoms with Crippen LogP contribution in [0.5, 0.6) is 0 Å². The predicted octanol–water partition coefficient (Wildman–Crippen LogP) is 3.17. The van der Waals surface area contributed by atoms with Crippen LogP contribution < -0.4 is 0 Å². The molecule has 0 amide bonds. The molecule has 13 heavy (non-hydrogen) atoms. The lowest BCUT2D eigenvalue weighted by atomic mass is 10.1. The SMILES string of the molecule is Brc1ccc(CCCC2CO2)cc1. The average molecular weight is 241 g/mol. The Morgan fingerprint density at radius 3 is 2.62 bits per heavy atom. The number of rotatable bonds is 4. The second-order valence-corrected chi connectivity index (χ2v) is 4.39. The Morgan fingerprint density at radius 1 is 1.31 bits per heavy atom. The Morgan fingerprint density at radius 2 is 2.00 bits per heavy atom. The standard InChI is InChI=1S/C11H13BrO/c12-10-6-4-9(5-7-10)2-1-3-11-8-13-11/h4-7,11H,1-3,8H2. The molecular formula is C11H13BrO. The average Bonchev–Trinajstić information content (AvgIpc) is 2.92. The lowest BCUT2D eigenvalue weighted by Crippen LogP contribution is -1.89. The van der Waals surface area contributed by atoms with Crippen molar-refractivity contribution in [3.63, 3.8) is 0 Å². The maximum absolute atomic E-state index is 5.16. The Labute approximate surface area is 87.2 Å². The van der Waals surface area contributed by atoms with Gasteiger partial charge in [0.25, 0.3) is 0 Å². The van der Waals surface area contributed by atoms with Gasteiger partial charge in [-0.05, 0) is 37.0 Å². The van der Waals surface area contributed by atoms with Gasteiger partial charge in [-0.2, -0.15) is 0 Å². The monoisotopic (exact) mass is 240 g/mol. The third-order valence-electron chi connectivity index (χ3n) is 2.31. The van der Waals surface area contributed by atoms with Gasteiger partial charge in [0.15, 0.2) is 0 Å². The minimum atomic E-state index is 0.579. The van der Waals surface area contributed by atoms with Crippen molar-refractivity contribution in [2.45, 2.75) is 25.4 Å². The van der Waals surface area contributed by atoms with Crippen molar-refractivity contribution in [1.29, 1.82) is 0 Å². The summed E-state index contributed by atoms with van der Waals surface area (Å²) in [7, 11) is 0. The molecule has 0 aliphatic carbocycles. The molecule has 1 aromatic rings. The molecule has 1 atom stereocenters. The largest absolute Gasteiger partial charge is 0.373 e. The summed E-state index contributed by atoms with van der Waals surface area (Å²) in [4.78, 5) is 0. The number of aryl methyl sites for hydroxylation is 1. The molecule has 0 aromatic heterocycles. The third kappa shape index (κ3) is 3.12. The number of benzene rings is 1. The van der Waals surface area contributed by atoms with E-state index in [1.807, 2.05) is 0 Å². The molecule has 0 bridgehead atoms. The molecular weight excluding hydrogens is 228 g/mol. The topological polar surface area (TPSA) is 12.5 Å². The van der Waals surface area contributed by atoms with E-state index in [0.717, 1.165) is 11.1 Å². The molecule has 1 nitrogen and oxygen atoms in total. The summed E-state index contributed by atoms with van der Waals surface area (Å²) in [6.07, 6.45) is 4.21. The lowest BCUT2D eigenvalue weighted by Gasteiger charge is -1.99. The molecule has 1 heterocycles. The van der Waals surface area contributed by atoms with Crippen LogP contribution in [0.2, 0.25) is 0 Å². The number of hydrogen-bond donors (Lipinski definition) is 0. The second kappa shape index (κ2) is 4.25. The van der Waals surface area contributed by atoms with E-state index in [1.165, 1.54) is 24.8 Å². The van der Waals surface area contributed by atoms with Gasteiger partial charge in [-0.1, -0.05) is 28.1 Å². The maximum atomic E-state index is 5.16. The number of epoxide rings is 1. The molecule has 0 radical (unpaired) electrons. The summed E-state index contributed by atoms with van der Waals surface area (Å²) in [5.74, 6) is 0. The van der Waals surface area contributed by atoms with Gasteiger partial charge in [-0.15, -0.1) is 0 Å². The zero-order valence-corrected chi connectivity index (χ0v) is 9.09. The fraction of sp³-hybridized carbons (Fsp3) is 0.455. The number of hydrogen-bond acceptors (Lipinski definition) is 1. The van der Waals surface area contributed by atoms with Crippen molar-refractivity contribution < 1.29 is 4.74 Å². The molecule has 1 fully saturated rings. The quantitative estimate of drug-likeness (QED) is 0.737. The molecule has 1 aromatic carbocycles. The Balaban J connectivity index is 1.76. The van der Waals surface area contributed by atoms with Crippen molar-refractivity contribution in [3.8, 4) is 0 Å². The van der Waals surface area contributed by atoms with Gasteiger partial charge in [-0.25, -0.2) is 0 Å². The lowest BCUT2D eigenvalue weighted by molar-refractivity contribution is 0.392. The van der Waals surface area contributed by atoms with Crippen molar-refractivity contribution in [2.75, 3.05) is 6.61 Å². The van der Waals surface area contributed by atoms with Crippen LogP contribution in [0.15, 0.2) is 28.7 Å². The van der Waals surface area contributed by atoms with Crippen LogP contribution in [0, 0.1) is 0 Å². The van der Waals surface area contributed by atoms with E-state index in [2.05, 4.69) is 40.2 Å². The first-order valence-corrected chi connectivity index (χ1v) is 5.50. The summed E-state index contributed by atoms with van der Waals surface area (Å²) < 4.78 is 6.31. The highest BCUT2D eigenvalue weighted by molar-refractivity contribution is 9.10. The zero-order valence-electron chi connectivity index (χ0n) is 7.50. The van der Waals surface area contributed by atoms with Crippen molar-refractivity contribution in [2.24, 2.45) is 0 Å². The molecule has 1 unspecified atom stereocenters. The van der Waals surface area contributed by atoms with E-state index in [-0.39, 0.29) is 0 Å². The zero-order chi connectivity index (χ0) is 9.10. The molecule has 2 heteroatoms. The van der Waals surface area contributed by atoms with Crippen molar-refractivity contribution in [1.82, 2.24) is 0 Å². The Bertz CT molecular complexity index is 264. The predicted molar refractivity (Wildman–Crippen MR) is 56.8 cm³/mol. The number of halogens is 1. The summed E-state index contributed by atoms with van der Waals surface area (Å²) in [5, 5.41) is 0. The summed E-state index contributed by atoms with van der Waals surface area (Å²) in [5.41, 5.74) is 1.42. The van der Waals surface area contributed by atoms with E-state index in [0.29, 0.717) is 6.10 Å². The van der Waals surface area contributed by atoms with Crippen LogP contribution >= 0.6 is 15.9 Å². The first-order chi connectivity index (χ1) is 6.34. The maximum Gasteiger partial charge on any atom is 0.0810 e. The second-order valence-electron chi connectivity index (χ2n) is 3.47. The van der Waals surface area contributed by atoms with Crippen LogP contribution in [-0.2, 0) is 11.2 Å². The molecule has 1 aliphatic rings. The van der Waals surface area contributed by atoms with E-state index in [1.54, 1.807) is 0 Å². The molecule has 0 saturated carbocycles. The van der Waals surface area contributed by atoms with E-state index in [4.69, 9.17) is 4.74 Å². The van der Waals surface area contributed by atoms with Crippen LogP contribution in [0.25, 0.3) is 0 Å². The molecule has 0 spiro atoms. The smallest absolute Gasteiger partial charge is 0.0810 e. The fourth-order valence-corrected chi connectivity index (χ4v) is 1.68. The fourth-order valence-electron chi connectivity index (χ4n) is 1.42. The first kappa shape index (κ1) is 9.22. The van der Waals surface area contributed by atoms with Gasteiger partial charge in [0.05, 0.1) is 12.7 Å². The molecule has 70 valence electrons. The van der Waals surface area contributed by atoms with E-state index in [9.17, 15) is 0 Å². The van der Waals surface area contributed by atoms with E-state index < -0.39 is 0 Å². The van der Waals surface area contributed by atoms with Gasteiger partial charge in [0, 0.05) is 4.47 Å². The van der Waals surface area contributed by atoms with Gasteiger partial charge >= 0.3 is 0 Å². The third-order valence-corrected chi connectivity index (χ3v) is 2.84.